The van der Waals surface area contributed by atoms with Gasteiger partial charge in [0.25, 0.3) is 0 Å². The zero-order chi connectivity index (χ0) is 37.5. The molecule has 52 heavy (non-hydrogen) atoms. The predicted molar refractivity (Wildman–Crippen MR) is 219 cm³/mol. The van der Waals surface area contributed by atoms with Crippen LogP contribution in [-0.4, -0.2) is 0 Å². The summed E-state index contributed by atoms with van der Waals surface area (Å²) in [6.45, 7) is 7.41. The third-order valence-corrected chi connectivity index (χ3v) is 13.9. The first-order chi connectivity index (χ1) is 24.8. The minimum absolute atomic E-state index is 0.0399. The first-order valence-electron chi connectivity index (χ1n) is 16.1. The van der Waals surface area contributed by atoms with Gasteiger partial charge in [0.15, 0.2) is 11.6 Å². The standard InChI is InChI=1S/C42H28F2N4P4/c1-17-33(38(44)37(43)19(3)39(17)49)21-5-7-25-27-11-32-28(12-31(27)35(29(25)9-21)23(13-45)14-46)26-8-6-22(10-30(26)36(32)24(15-47)16-48)34-18(2)40(50)20(4)41(51)42(34)52/h5-12H,49-52H2,1-4H3. The van der Waals surface area contributed by atoms with Crippen LogP contribution in [-0.2, 0) is 0 Å². The average Bonchev–Trinajstić information content (AvgIpc) is 3.63. The zero-order valence-electron chi connectivity index (χ0n) is 28.5. The van der Waals surface area contributed by atoms with Crippen LogP contribution in [0.25, 0.3) is 55.7 Å². The van der Waals surface area contributed by atoms with E-state index in [1.165, 1.54) is 6.92 Å². The number of fused-ring (bicyclic) bond motifs is 6. The maximum absolute atomic E-state index is 15.6. The Morgan fingerprint density at radius 3 is 1.31 bits per heavy atom. The van der Waals surface area contributed by atoms with E-state index in [0.717, 1.165) is 54.9 Å². The second-order valence-corrected chi connectivity index (χ2v) is 15.3. The summed E-state index contributed by atoms with van der Waals surface area (Å²) in [4.78, 5) is 0. The van der Waals surface area contributed by atoms with Crippen molar-refractivity contribution < 1.29 is 8.78 Å². The molecule has 0 saturated carbocycles. The molecule has 2 aliphatic rings. The van der Waals surface area contributed by atoms with E-state index < -0.39 is 11.6 Å². The van der Waals surface area contributed by atoms with Crippen LogP contribution in [0.3, 0.4) is 0 Å². The molecule has 0 aromatic heterocycles. The molecule has 0 bridgehead atoms. The molecule has 0 fully saturated rings. The Bertz CT molecular complexity index is 2510. The molecule has 5 aromatic carbocycles. The molecule has 0 saturated heterocycles. The fourth-order valence-corrected chi connectivity index (χ4v) is 9.27. The Morgan fingerprint density at radius 2 is 0.846 bits per heavy atom. The van der Waals surface area contributed by atoms with Crippen LogP contribution in [0.15, 0.2) is 59.7 Å². The van der Waals surface area contributed by atoms with Gasteiger partial charge in [-0.1, -0.05) is 24.3 Å². The number of halogens is 2. The molecule has 0 radical (unpaired) electrons. The van der Waals surface area contributed by atoms with Crippen molar-refractivity contribution in [2.45, 2.75) is 27.7 Å². The SMILES string of the molecule is Cc1c(F)c(F)c(-c2ccc3c(c2)C(=C(C#N)C#N)c2cc4c(cc2-3)C(=C(C#N)C#N)c2cc(-c3c(C)c(P)c(C)c(P)c3P)ccc2-4)c(C)c1P. The van der Waals surface area contributed by atoms with Gasteiger partial charge in [0.05, 0.1) is 0 Å². The summed E-state index contributed by atoms with van der Waals surface area (Å²) in [5.74, 6) is -1.90. The van der Waals surface area contributed by atoms with Crippen LogP contribution in [0.4, 0.5) is 8.78 Å². The van der Waals surface area contributed by atoms with Gasteiger partial charge in [-0.25, -0.2) is 8.78 Å². The Balaban J connectivity index is 1.50. The number of rotatable bonds is 2. The van der Waals surface area contributed by atoms with Crippen molar-refractivity contribution in [3.63, 3.8) is 0 Å². The van der Waals surface area contributed by atoms with Crippen LogP contribution < -0.4 is 21.2 Å². The van der Waals surface area contributed by atoms with Gasteiger partial charge in [-0.2, -0.15) is 21.0 Å². The fraction of sp³-hybridized carbons (Fsp3) is 0.0952. The summed E-state index contributed by atoms with van der Waals surface area (Å²) < 4.78 is 30.6. The third-order valence-electron chi connectivity index (χ3n) is 10.5. The van der Waals surface area contributed by atoms with Gasteiger partial charge >= 0.3 is 0 Å². The largest absolute Gasteiger partial charge is 0.203 e. The molecule has 4 unspecified atom stereocenters. The van der Waals surface area contributed by atoms with Gasteiger partial charge in [0, 0.05) is 16.7 Å². The molecule has 250 valence electrons. The maximum atomic E-state index is 15.6. The van der Waals surface area contributed by atoms with Crippen LogP contribution in [0.1, 0.15) is 44.5 Å². The second kappa shape index (κ2) is 13.0. The van der Waals surface area contributed by atoms with Gasteiger partial charge in [-0.15, -0.1) is 37.0 Å². The highest BCUT2D eigenvalue weighted by Gasteiger charge is 2.34. The fourth-order valence-electron chi connectivity index (χ4n) is 7.63. The highest BCUT2D eigenvalue weighted by Crippen LogP contribution is 2.54. The normalized spacial score (nSPS) is 11.9. The molecule has 7 rings (SSSR count). The van der Waals surface area contributed by atoms with Crippen molar-refractivity contribution in [3.8, 4) is 68.8 Å². The smallest absolute Gasteiger partial charge is 0.167 e. The number of nitriles is 4. The van der Waals surface area contributed by atoms with Crippen molar-refractivity contribution in [1.82, 2.24) is 0 Å². The lowest BCUT2D eigenvalue weighted by atomic mass is 9.92. The summed E-state index contributed by atoms with van der Waals surface area (Å²) in [6, 6.07) is 23.4. The number of hydrogen-bond acceptors (Lipinski definition) is 4. The Kier molecular flexibility index (Phi) is 8.85. The van der Waals surface area contributed by atoms with E-state index in [9.17, 15) is 21.0 Å². The lowest BCUT2D eigenvalue weighted by molar-refractivity contribution is 0.506. The first kappa shape index (κ1) is 35.5. The Morgan fingerprint density at radius 1 is 0.442 bits per heavy atom. The molecular formula is C42H28F2N4P4. The van der Waals surface area contributed by atoms with Crippen molar-refractivity contribution >= 4 is 69.3 Å². The van der Waals surface area contributed by atoms with Crippen LogP contribution in [0.5, 0.6) is 0 Å². The molecule has 0 N–H and O–H groups in total. The third kappa shape index (κ3) is 4.96. The van der Waals surface area contributed by atoms with Crippen LogP contribution >= 0.6 is 37.0 Å². The highest BCUT2D eigenvalue weighted by molar-refractivity contribution is 7.37. The van der Waals surface area contributed by atoms with E-state index in [4.69, 9.17) is 0 Å². The van der Waals surface area contributed by atoms with Gasteiger partial charge in [-0.05, 0) is 157 Å². The molecule has 5 aromatic rings. The lowest BCUT2D eigenvalue weighted by Gasteiger charge is -2.19. The summed E-state index contributed by atoms with van der Waals surface area (Å²) >= 11 is 0. The quantitative estimate of drug-likeness (QED) is 0.132. The molecular weight excluding hydrogens is 722 g/mol. The van der Waals surface area contributed by atoms with Gasteiger partial charge in [0.2, 0.25) is 0 Å². The van der Waals surface area contributed by atoms with Crippen LogP contribution in [0.2, 0.25) is 0 Å². The topological polar surface area (TPSA) is 95.2 Å². The zero-order valence-corrected chi connectivity index (χ0v) is 33.1. The minimum Gasteiger partial charge on any atom is -0.203 e. The van der Waals surface area contributed by atoms with E-state index in [-0.39, 0.29) is 22.3 Å². The Labute approximate surface area is 310 Å². The molecule has 0 heterocycles. The minimum atomic E-state index is -0.967. The monoisotopic (exact) mass is 750 g/mol. The second-order valence-electron chi connectivity index (χ2n) is 12.9. The molecule has 10 heteroatoms. The van der Waals surface area contributed by atoms with E-state index in [2.05, 4.69) is 62.9 Å². The average molecular weight is 751 g/mol. The van der Waals surface area contributed by atoms with E-state index in [1.54, 1.807) is 25.1 Å². The van der Waals surface area contributed by atoms with E-state index in [1.807, 2.05) is 42.5 Å². The molecule has 2 aliphatic carbocycles. The molecule has 4 atom stereocenters. The Hall–Kier alpha value is -4.88. The van der Waals surface area contributed by atoms with E-state index in [0.29, 0.717) is 55.4 Å². The molecule has 0 aliphatic heterocycles. The van der Waals surface area contributed by atoms with Crippen molar-refractivity contribution in [3.05, 3.63) is 116 Å². The number of hydrogen-bond donors (Lipinski definition) is 0. The van der Waals surface area contributed by atoms with E-state index >= 15 is 8.78 Å². The van der Waals surface area contributed by atoms with Gasteiger partial charge < -0.3 is 0 Å². The summed E-state index contributed by atoms with van der Waals surface area (Å²) in [6.07, 6.45) is 0. The lowest BCUT2D eigenvalue weighted by Crippen LogP contribution is -2.25. The maximum Gasteiger partial charge on any atom is 0.167 e. The number of nitrogens with zero attached hydrogens (tertiary/aromatic N) is 4. The van der Waals surface area contributed by atoms with Crippen molar-refractivity contribution in [2.75, 3.05) is 0 Å². The van der Waals surface area contributed by atoms with Gasteiger partial charge in [-0.3, -0.25) is 0 Å². The predicted octanol–water partition coefficient (Wildman–Crippen LogP) is 8.19. The van der Waals surface area contributed by atoms with Gasteiger partial charge in [0.1, 0.15) is 35.4 Å². The van der Waals surface area contributed by atoms with Crippen molar-refractivity contribution in [2.24, 2.45) is 0 Å². The molecule has 0 amide bonds. The van der Waals surface area contributed by atoms with Crippen molar-refractivity contribution in [1.29, 1.82) is 21.0 Å². The number of benzene rings is 5. The summed E-state index contributed by atoms with van der Waals surface area (Å²) in [5, 5.41) is 44.5. The molecule has 0 spiro atoms. The van der Waals surface area contributed by atoms with Crippen LogP contribution in [0, 0.1) is 84.7 Å². The number of allylic oxidation sites excluding steroid dienone is 2. The summed E-state index contributed by atoms with van der Waals surface area (Å²) in [5.41, 5.74) is 11.7. The summed E-state index contributed by atoms with van der Waals surface area (Å²) in [7, 11) is 11.0. The molecule has 4 nitrogen and oxygen atoms in total. The highest BCUT2D eigenvalue weighted by atomic mass is 31.0. The first-order valence-corrected chi connectivity index (χ1v) is 18.4.